The zero-order valence-electron chi connectivity index (χ0n) is 11.0. The average Bonchev–Trinajstić information content (AvgIpc) is 2.92. The normalized spacial score (nSPS) is 10.6. The Bertz CT molecular complexity index is 499. The van der Waals surface area contributed by atoms with Crippen molar-refractivity contribution in [3.8, 4) is 5.75 Å². The van der Waals surface area contributed by atoms with Gasteiger partial charge in [0.1, 0.15) is 0 Å². The van der Waals surface area contributed by atoms with Gasteiger partial charge in [0.25, 0.3) is 0 Å². The summed E-state index contributed by atoms with van der Waals surface area (Å²) in [5, 5.41) is 7.28. The predicted octanol–water partition coefficient (Wildman–Crippen LogP) is 3.62. The van der Waals surface area contributed by atoms with Gasteiger partial charge in [-0.2, -0.15) is 11.3 Å². The fraction of sp³-hybridized carbons (Fsp3) is 0.333. The van der Waals surface area contributed by atoms with E-state index in [0.717, 1.165) is 18.5 Å². The van der Waals surface area contributed by atoms with Crippen LogP contribution >= 0.6 is 11.3 Å². The molecule has 1 aromatic heterocycles. The molecule has 0 aliphatic carbocycles. The standard InChI is InChI=1S/C15H18FNOS/c1-2-17-10-13-3-4-15(14(16)9-13)18-7-5-12-6-8-19-11-12/h3-4,6,8-9,11,17H,2,5,7,10H2,1H3. The zero-order chi connectivity index (χ0) is 13.5. The zero-order valence-corrected chi connectivity index (χ0v) is 11.8. The first kappa shape index (κ1) is 14.0. The van der Waals surface area contributed by atoms with Crippen LogP contribution in [0.5, 0.6) is 5.75 Å². The van der Waals surface area contributed by atoms with Crippen molar-refractivity contribution >= 4 is 11.3 Å². The molecule has 0 spiro atoms. The molecule has 4 heteroatoms. The van der Waals surface area contributed by atoms with Gasteiger partial charge in [-0.3, -0.25) is 0 Å². The van der Waals surface area contributed by atoms with E-state index >= 15 is 0 Å². The lowest BCUT2D eigenvalue weighted by Crippen LogP contribution is -2.12. The van der Waals surface area contributed by atoms with E-state index in [2.05, 4.69) is 16.8 Å². The monoisotopic (exact) mass is 279 g/mol. The van der Waals surface area contributed by atoms with Crippen molar-refractivity contribution in [2.75, 3.05) is 13.2 Å². The highest BCUT2D eigenvalue weighted by molar-refractivity contribution is 7.07. The van der Waals surface area contributed by atoms with E-state index in [4.69, 9.17) is 4.74 Å². The van der Waals surface area contributed by atoms with E-state index in [0.29, 0.717) is 18.9 Å². The SMILES string of the molecule is CCNCc1ccc(OCCc2ccsc2)c(F)c1. The summed E-state index contributed by atoms with van der Waals surface area (Å²) in [6.07, 6.45) is 0.808. The molecule has 0 saturated carbocycles. The minimum Gasteiger partial charge on any atom is -0.490 e. The van der Waals surface area contributed by atoms with Gasteiger partial charge in [-0.25, -0.2) is 4.39 Å². The fourth-order valence-corrected chi connectivity index (χ4v) is 2.46. The summed E-state index contributed by atoms with van der Waals surface area (Å²) in [5.41, 5.74) is 2.17. The van der Waals surface area contributed by atoms with Crippen LogP contribution in [0.1, 0.15) is 18.1 Å². The van der Waals surface area contributed by atoms with E-state index in [1.165, 1.54) is 11.6 Å². The Kier molecular flexibility index (Phi) is 5.36. The van der Waals surface area contributed by atoms with Gasteiger partial charge < -0.3 is 10.1 Å². The second kappa shape index (κ2) is 7.26. The summed E-state index contributed by atoms with van der Waals surface area (Å²) in [7, 11) is 0. The molecule has 0 aliphatic heterocycles. The Balaban J connectivity index is 1.86. The number of thiophene rings is 1. The first-order valence-electron chi connectivity index (χ1n) is 6.42. The smallest absolute Gasteiger partial charge is 0.165 e. The largest absolute Gasteiger partial charge is 0.490 e. The van der Waals surface area contributed by atoms with E-state index in [9.17, 15) is 4.39 Å². The molecule has 0 bridgehead atoms. The molecule has 0 aliphatic rings. The van der Waals surface area contributed by atoms with Crippen LogP contribution in [-0.4, -0.2) is 13.2 Å². The molecule has 0 amide bonds. The molecule has 2 rings (SSSR count). The number of benzene rings is 1. The van der Waals surface area contributed by atoms with Gasteiger partial charge in [0.15, 0.2) is 11.6 Å². The van der Waals surface area contributed by atoms with Crippen LogP contribution in [0, 0.1) is 5.82 Å². The Hall–Kier alpha value is -1.39. The number of hydrogen-bond acceptors (Lipinski definition) is 3. The van der Waals surface area contributed by atoms with Crippen molar-refractivity contribution < 1.29 is 9.13 Å². The molecule has 2 nitrogen and oxygen atoms in total. The first-order chi connectivity index (χ1) is 9.29. The Morgan fingerprint density at radius 1 is 1.26 bits per heavy atom. The lowest BCUT2D eigenvalue weighted by Gasteiger charge is -2.08. The lowest BCUT2D eigenvalue weighted by atomic mass is 10.2. The van der Waals surface area contributed by atoms with Crippen molar-refractivity contribution in [3.63, 3.8) is 0 Å². The maximum atomic E-state index is 13.8. The maximum Gasteiger partial charge on any atom is 0.165 e. The third-order valence-electron chi connectivity index (χ3n) is 2.80. The molecule has 0 unspecified atom stereocenters. The molecular weight excluding hydrogens is 261 g/mol. The van der Waals surface area contributed by atoms with Gasteiger partial charge >= 0.3 is 0 Å². The Labute approximate surface area is 117 Å². The predicted molar refractivity (Wildman–Crippen MR) is 77.3 cm³/mol. The topological polar surface area (TPSA) is 21.3 Å². The Morgan fingerprint density at radius 2 is 2.16 bits per heavy atom. The van der Waals surface area contributed by atoms with Crippen molar-refractivity contribution in [1.82, 2.24) is 5.32 Å². The molecule has 2 aromatic rings. The molecule has 0 atom stereocenters. The van der Waals surface area contributed by atoms with E-state index in [1.54, 1.807) is 17.4 Å². The van der Waals surface area contributed by atoms with Crippen LogP contribution in [0.15, 0.2) is 35.0 Å². The quantitative estimate of drug-likeness (QED) is 0.836. The molecule has 1 heterocycles. The van der Waals surface area contributed by atoms with Crippen LogP contribution in [0.4, 0.5) is 4.39 Å². The third kappa shape index (κ3) is 4.33. The highest BCUT2D eigenvalue weighted by atomic mass is 32.1. The minimum absolute atomic E-state index is 0.291. The van der Waals surface area contributed by atoms with Crippen LogP contribution in [0.25, 0.3) is 0 Å². The summed E-state index contributed by atoms with van der Waals surface area (Å²) in [6.45, 7) is 4.08. The summed E-state index contributed by atoms with van der Waals surface area (Å²) in [4.78, 5) is 0. The number of nitrogens with one attached hydrogen (secondary N) is 1. The second-order valence-corrected chi connectivity index (χ2v) is 5.06. The molecule has 1 N–H and O–H groups in total. The number of rotatable bonds is 7. The molecule has 0 radical (unpaired) electrons. The van der Waals surface area contributed by atoms with Crippen molar-refractivity contribution in [2.45, 2.75) is 19.9 Å². The van der Waals surface area contributed by atoms with E-state index in [-0.39, 0.29) is 5.82 Å². The molecule has 0 saturated heterocycles. The van der Waals surface area contributed by atoms with E-state index in [1.807, 2.05) is 18.4 Å². The maximum absolute atomic E-state index is 13.8. The van der Waals surface area contributed by atoms with Crippen LogP contribution in [-0.2, 0) is 13.0 Å². The van der Waals surface area contributed by atoms with Crippen LogP contribution < -0.4 is 10.1 Å². The lowest BCUT2D eigenvalue weighted by molar-refractivity contribution is 0.305. The van der Waals surface area contributed by atoms with Gasteiger partial charge in [-0.1, -0.05) is 13.0 Å². The summed E-state index contributed by atoms with van der Waals surface area (Å²) >= 11 is 1.66. The average molecular weight is 279 g/mol. The highest BCUT2D eigenvalue weighted by Crippen LogP contribution is 2.19. The van der Waals surface area contributed by atoms with Gasteiger partial charge in [0.2, 0.25) is 0 Å². The summed E-state index contributed by atoms with van der Waals surface area (Å²) < 4.78 is 19.3. The van der Waals surface area contributed by atoms with Crippen molar-refractivity contribution in [1.29, 1.82) is 0 Å². The first-order valence-corrected chi connectivity index (χ1v) is 7.37. The van der Waals surface area contributed by atoms with Gasteiger partial charge in [0.05, 0.1) is 6.61 Å². The Morgan fingerprint density at radius 3 is 2.84 bits per heavy atom. The minimum atomic E-state index is -0.291. The third-order valence-corrected chi connectivity index (χ3v) is 3.54. The van der Waals surface area contributed by atoms with Crippen molar-refractivity contribution in [3.05, 3.63) is 52.0 Å². The molecule has 1 aromatic carbocycles. The second-order valence-electron chi connectivity index (χ2n) is 4.28. The number of halogens is 1. The van der Waals surface area contributed by atoms with Gasteiger partial charge in [0, 0.05) is 13.0 Å². The summed E-state index contributed by atoms with van der Waals surface area (Å²) in [6, 6.07) is 7.19. The molecular formula is C15H18FNOS. The fourth-order valence-electron chi connectivity index (χ4n) is 1.75. The number of ether oxygens (including phenoxy) is 1. The summed E-state index contributed by atoms with van der Waals surface area (Å²) in [5.74, 6) is 0.0381. The molecule has 19 heavy (non-hydrogen) atoms. The van der Waals surface area contributed by atoms with Gasteiger partial charge in [-0.05, 0) is 46.6 Å². The van der Waals surface area contributed by atoms with Crippen LogP contribution in [0.2, 0.25) is 0 Å². The highest BCUT2D eigenvalue weighted by Gasteiger charge is 2.05. The van der Waals surface area contributed by atoms with Crippen LogP contribution in [0.3, 0.4) is 0 Å². The van der Waals surface area contributed by atoms with E-state index < -0.39 is 0 Å². The van der Waals surface area contributed by atoms with Crippen molar-refractivity contribution in [2.24, 2.45) is 0 Å². The van der Waals surface area contributed by atoms with Gasteiger partial charge in [-0.15, -0.1) is 0 Å². The number of hydrogen-bond donors (Lipinski definition) is 1. The molecule has 102 valence electrons. The molecule has 0 fully saturated rings.